The summed E-state index contributed by atoms with van der Waals surface area (Å²) in [6.07, 6.45) is 1.53. The van der Waals surface area contributed by atoms with Crippen LogP contribution in [0.3, 0.4) is 0 Å². The Hall–Kier alpha value is -0.920. The van der Waals surface area contributed by atoms with Crippen LogP contribution >= 0.6 is 15.9 Å². The summed E-state index contributed by atoms with van der Waals surface area (Å²) >= 11 is 3.19. The van der Waals surface area contributed by atoms with E-state index in [0.29, 0.717) is 16.7 Å². The van der Waals surface area contributed by atoms with E-state index in [1.807, 2.05) is 6.92 Å². The van der Waals surface area contributed by atoms with Crippen molar-refractivity contribution in [2.75, 3.05) is 18.5 Å². The van der Waals surface area contributed by atoms with Crippen LogP contribution in [0.2, 0.25) is 0 Å². The molecule has 4 N–H and O–H groups in total. The molecule has 1 atom stereocenters. The highest BCUT2D eigenvalue weighted by Crippen LogP contribution is 2.15. The minimum atomic E-state index is -0.274. The standard InChI is InChI=1S/C9H15BrN4O2/c1-6(11)4-12-7-5-13-14(2-3-15)9(16)8(7)10/h5-6,12,15H,2-4,11H2,1H3. The predicted molar refractivity (Wildman–Crippen MR) is 65.4 cm³/mol. The van der Waals surface area contributed by atoms with Crippen molar-refractivity contribution in [2.24, 2.45) is 5.73 Å². The number of anilines is 1. The second-order valence-corrected chi connectivity index (χ2v) is 4.28. The molecule has 0 aromatic carbocycles. The summed E-state index contributed by atoms with van der Waals surface area (Å²) in [5.41, 5.74) is 5.92. The van der Waals surface area contributed by atoms with E-state index < -0.39 is 0 Å². The quantitative estimate of drug-likeness (QED) is 0.696. The first-order valence-electron chi connectivity index (χ1n) is 4.92. The Morgan fingerprint density at radius 2 is 2.44 bits per heavy atom. The monoisotopic (exact) mass is 290 g/mol. The predicted octanol–water partition coefficient (Wildman–Crippen LogP) is -0.243. The fourth-order valence-electron chi connectivity index (χ4n) is 1.11. The molecule has 0 amide bonds. The third kappa shape index (κ3) is 3.29. The lowest BCUT2D eigenvalue weighted by molar-refractivity contribution is 0.266. The summed E-state index contributed by atoms with van der Waals surface area (Å²) in [6.45, 7) is 2.49. The second-order valence-electron chi connectivity index (χ2n) is 3.48. The molecule has 1 unspecified atom stereocenters. The molecule has 0 radical (unpaired) electrons. The van der Waals surface area contributed by atoms with Crippen LogP contribution in [0.1, 0.15) is 6.92 Å². The number of aliphatic hydroxyl groups is 1. The molecule has 90 valence electrons. The van der Waals surface area contributed by atoms with Crippen LogP contribution in [0.5, 0.6) is 0 Å². The zero-order valence-electron chi connectivity index (χ0n) is 8.98. The molecule has 1 aromatic heterocycles. The van der Waals surface area contributed by atoms with Gasteiger partial charge in [0.1, 0.15) is 4.47 Å². The van der Waals surface area contributed by atoms with Gasteiger partial charge < -0.3 is 16.2 Å². The molecule has 0 aliphatic heterocycles. The third-order valence-corrected chi connectivity index (χ3v) is 2.68. The Morgan fingerprint density at radius 1 is 1.75 bits per heavy atom. The van der Waals surface area contributed by atoms with Crippen molar-refractivity contribution in [3.8, 4) is 0 Å². The maximum absolute atomic E-state index is 11.7. The molecule has 0 saturated heterocycles. The lowest BCUT2D eigenvalue weighted by Gasteiger charge is -2.11. The lowest BCUT2D eigenvalue weighted by atomic mass is 10.3. The van der Waals surface area contributed by atoms with E-state index in [2.05, 4.69) is 26.3 Å². The van der Waals surface area contributed by atoms with Gasteiger partial charge in [0.2, 0.25) is 0 Å². The molecule has 0 aliphatic carbocycles. The molecule has 1 rings (SSSR count). The molecule has 0 bridgehead atoms. The number of nitrogens with two attached hydrogens (primary N) is 1. The second kappa shape index (κ2) is 5.97. The molecule has 0 spiro atoms. The highest BCUT2D eigenvalue weighted by atomic mass is 79.9. The molecular formula is C9H15BrN4O2. The van der Waals surface area contributed by atoms with E-state index >= 15 is 0 Å². The molecule has 16 heavy (non-hydrogen) atoms. The van der Waals surface area contributed by atoms with Gasteiger partial charge in [-0.25, -0.2) is 4.68 Å². The SMILES string of the molecule is CC(N)CNc1cnn(CCO)c(=O)c1Br. The zero-order chi connectivity index (χ0) is 12.1. The van der Waals surface area contributed by atoms with Crippen LogP contribution < -0.4 is 16.6 Å². The zero-order valence-corrected chi connectivity index (χ0v) is 10.6. The Balaban J connectivity index is 2.89. The van der Waals surface area contributed by atoms with Crippen molar-refractivity contribution < 1.29 is 5.11 Å². The van der Waals surface area contributed by atoms with E-state index in [1.54, 1.807) is 0 Å². The van der Waals surface area contributed by atoms with Crippen LogP contribution in [0.4, 0.5) is 5.69 Å². The fraction of sp³-hybridized carbons (Fsp3) is 0.556. The van der Waals surface area contributed by atoms with Crippen LogP contribution in [0.25, 0.3) is 0 Å². The van der Waals surface area contributed by atoms with E-state index in [1.165, 1.54) is 10.9 Å². The van der Waals surface area contributed by atoms with Gasteiger partial charge in [0.25, 0.3) is 5.56 Å². The van der Waals surface area contributed by atoms with Crippen molar-refractivity contribution in [3.05, 3.63) is 21.0 Å². The van der Waals surface area contributed by atoms with Gasteiger partial charge in [-0.2, -0.15) is 5.10 Å². The average Bonchev–Trinajstić information content (AvgIpc) is 2.24. The highest BCUT2D eigenvalue weighted by molar-refractivity contribution is 9.10. The van der Waals surface area contributed by atoms with Gasteiger partial charge in [0.15, 0.2) is 0 Å². The molecule has 0 saturated carbocycles. The molecule has 0 aliphatic rings. The maximum Gasteiger partial charge on any atom is 0.283 e. The van der Waals surface area contributed by atoms with Gasteiger partial charge in [-0.15, -0.1) is 0 Å². The van der Waals surface area contributed by atoms with Gasteiger partial charge in [-0.1, -0.05) is 0 Å². The Morgan fingerprint density at radius 3 is 3.00 bits per heavy atom. The third-order valence-electron chi connectivity index (χ3n) is 1.91. The van der Waals surface area contributed by atoms with Crippen LogP contribution in [-0.2, 0) is 6.54 Å². The molecule has 1 heterocycles. The van der Waals surface area contributed by atoms with Gasteiger partial charge in [0.05, 0.1) is 25.0 Å². The smallest absolute Gasteiger partial charge is 0.283 e. The first-order valence-corrected chi connectivity index (χ1v) is 5.71. The number of aromatic nitrogens is 2. The van der Waals surface area contributed by atoms with E-state index in [4.69, 9.17) is 10.8 Å². The Labute approximate surface area is 102 Å². The van der Waals surface area contributed by atoms with E-state index in [9.17, 15) is 4.79 Å². The first kappa shape index (κ1) is 13.1. The van der Waals surface area contributed by atoms with Gasteiger partial charge in [-0.3, -0.25) is 4.79 Å². The van der Waals surface area contributed by atoms with Crippen LogP contribution in [0, 0.1) is 0 Å². The number of halogens is 1. The summed E-state index contributed by atoms with van der Waals surface area (Å²) < 4.78 is 1.60. The fourth-order valence-corrected chi connectivity index (χ4v) is 1.56. The minimum absolute atomic E-state index is 0.00762. The van der Waals surface area contributed by atoms with Crippen molar-refractivity contribution >= 4 is 21.6 Å². The van der Waals surface area contributed by atoms with Crippen LogP contribution in [-0.4, -0.2) is 34.1 Å². The summed E-state index contributed by atoms with van der Waals surface area (Å²) in [7, 11) is 0. The van der Waals surface area contributed by atoms with Gasteiger partial charge in [0, 0.05) is 12.6 Å². The number of hydrogen-bond acceptors (Lipinski definition) is 5. The Bertz CT molecular complexity index is 405. The number of nitrogens with one attached hydrogen (secondary N) is 1. The largest absolute Gasteiger partial charge is 0.394 e. The summed E-state index contributed by atoms with van der Waals surface area (Å²) in [5.74, 6) is 0. The lowest BCUT2D eigenvalue weighted by Crippen LogP contribution is -2.29. The van der Waals surface area contributed by atoms with Gasteiger partial charge >= 0.3 is 0 Å². The topological polar surface area (TPSA) is 93.2 Å². The number of aliphatic hydroxyl groups excluding tert-OH is 1. The summed E-state index contributed by atoms with van der Waals surface area (Å²) in [6, 6.07) is -0.00762. The maximum atomic E-state index is 11.7. The number of hydrogen-bond donors (Lipinski definition) is 3. The molecular weight excluding hydrogens is 276 g/mol. The van der Waals surface area contributed by atoms with E-state index in [0.717, 1.165) is 0 Å². The normalized spacial score (nSPS) is 12.5. The minimum Gasteiger partial charge on any atom is -0.394 e. The number of rotatable bonds is 5. The summed E-state index contributed by atoms with van der Waals surface area (Å²) in [5, 5.41) is 15.7. The summed E-state index contributed by atoms with van der Waals surface area (Å²) in [4.78, 5) is 11.7. The van der Waals surface area contributed by atoms with Crippen molar-refractivity contribution in [1.29, 1.82) is 0 Å². The van der Waals surface area contributed by atoms with Crippen molar-refractivity contribution in [1.82, 2.24) is 9.78 Å². The van der Waals surface area contributed by atoms with Gasteiger partial charge in [-0.05, 0) is 22.9 Å². The first-order chi connectivity index (χ1) is 7.56. The molecule has 7 heteroatoms. The average molecular weight is 291 g/mol. The number of nitrogens with zero attached hydrogens (tertiary/aromatic N) is 2. The van der Waals surface area contributed by atoms with Crippen molar-refractivity contribution in [2.45, 2.75) is 19.5 Å². The Kier molecular flexibility index (Phi) is 4.91. The highest BCUT2D eigenvalue weighted by Gasteiger charge is 2.08. The van der Waals surface area contributed by atoms with Crippen molar-refractivity contribution in [3.63, 3.8) is 0 Å². The molecule has 0 fully saturated rings. The van der Waals surface area contributed by atoms with Crippen LogP contribution in [0.15, 0.2) is 15.5 Å². The molecule has 1 aromatic rings. The molecule has 6 nitrogen and oxygen atoms in total. The van der Waals surface area contributed by atoms with E-state index in [-0.39, 0.29) is 24.8 Å².